The summed E-state index contributed by atoms with van der Waals surface area (Å²) in [4.78, 5) is 19.2. The number of hydrogen-bond donors (Lipinski definition) is 1. The Morgan fingerprint density at radius 1 is 1.33 bits per heavy atom. The number of pyridine rings is 2. The number of halogens is 1. The fourth-order valence-corrected chi connectivity index (χ4v) is 1.49. The Morgan fingerprint density at radius 3 is 2.83 bits per heavy atom. The quantitative estimate of drug-likeness (QED) is 0.840. The fourth-order valence-electron chi connectivity index (χ4n) is 1.49. The van der Waals surface area contributed by atoms with Crippen molar-refractivity contribution in [2.45, 2.75) is 13.5 Å². The topological polar surface area (TPSA) is 54.9 Å². The van der Waals surface area contributed by atoms with Crippen LogP contribution in [0.1, 0.15) is 21.5 Å². The van der Waals surface area contributed by atoms with E-state index in [1.807, 2.05) is 13.0 Å². The average molecular weight is 245 g/mol. The van der Waals surface area contributed by atoms with Gasteiger partial charge in [0.2, 0.25) is 5.95 Å². The molecule has 0 saturated carbocycles. The first kappa shape index (κ1) is 12.2. The predicted molar refractivity (Wildman–Crippen MR) is 64.3 cm³/mol. The number of aromatic nitrogens is 2. The van der Waals surface area contributed by atoms with Gasteiger partial charge in [-0.15, -0.1) is 0 Å². The molecule has 4 nitrogen and oxygen atoms in total. The van der Waals surface area contributed by atoms with E-state index >= 15 is 0 Å². The van der Waals surface area contributed by atoms with E-state index in [9.17, 15) is 9.18 Å². The first-order valence-corrected chi connectivity index (χ1v) is 5.46. The Hall–Kier alpha value is -2.30. The van der Waals surface area contributed by atoms with Crippen LogP contribution in [0.25, 0.3) is 0 Å². The van der Waals surface area contributed by atoms with Gasteiger partial charge in [0.1, 0.15) is 0 Å². The molecule has 0 saturated heterocycles. The van der Waals surface area contributed by atoms with Gasteiger partial charge in [-0.1, -0.05) is 0 Å². The SMILES string of the molecule is Cc1cnccc1CNC(=O)c1ccc(F)nc1. The summed E-state index contributed by atoms with van der Waals surface area (Å²) >= 11 is 0. The van der Waals surface area contributed by atoms with Crippen LogP contribution in [0.2, 0.25) is 0 Å². The first-order valence-electron chi connectivity index (χ1n) is 5.46. The number of rotatable bonds is 3. The molecule has 0 aliphatic heterocycles. The van der Waals surface area contributed by atoms with Gasteiger partial charge in [0.05, 0.1) is 5.56 Å². The highest BCUT2D eigenvalue weighted by molar-refractivity contribution is 5.93. The van der Waals surface area contributed by atoms with Crippen molar-refractivity contribution in [2.75, 3.05) is 0 Å². The van der Waals surface area contributed by atoms with Gasteiger partial charge in [-0.25, -0.2) is 4.98 Å². The molecule has 0 aliphatic rings. The zero-order valence-corrected chi connectivity index (χ0v) is 9.85. The lowest BCUT2D eigenvalue weighted by atomic mass is 10.1. The van der Waals surface area contributed by atoms with E-state index in [2.05, 4.69) is 15.3 Å². The van der Waals surface area contributed by atoms with E-state index in [-0.39, 0.29) is 5.91 Å². The molecular formula is C13H12FN3O. The number of carbonyl (C=O) groups excluding carboxylic acids is 1. The molecule has 0 atom stereocenters. The Labute approximate surface area is 104 Å². The molecule has 0 fully saturated rings. The number of carbonyl (C=O) groups is 1. The van der Waals surface area contributed by atoms with Gasteiger partial charge in [-0.3, -0.25) is 9.78 Å². The summed E-state index contributed by atoms with van der Waals surface area (Å²) in [5.74, 6) is -0.879. The fraction of sp³-hybridized carbons (Fsp3) is 0.154. The highest BCUT2D eigenvalue weighted by Crippen LogP contribution is 2.05. The smallest absolute Gasteiger partial charge is 0.253 e. The van der Waals surface area contributed by atoms with E-state index in [1.54, 1.807) is 12.4 Å². The van der Waals surface area contributed by atoms with Crippen molar-refractivity contribution in [1.29, 1.82) is 0 Å². The zero-order valence-electron chi connectivity index (χ0n) is 9.85. The summed E-state index contributed by atoms with van der Waals surface area (Å²) in [6.07, 6.45) is 4.62. The lowest BCUT2D eigenvalue weighted by Gasteiger charge is -2.07. The maximum atomic E-state index is 12.6. The van der Waals surface area contributed by atoms with Gasteiger partial charge in [-0.05, 0) is 36.2 Å². The van der Waals surface area contributed by atoms with Gasteiger partial charge in [0.25, 0.3) is 5.91 Å². The van der Waals surface area contributed by atoms with Crippen molar-refractivity contribution in [1.82, 2.24) is 15.3 Å². The standard InChI is InChI=1S/C13H12FN3O/c1-9-6-15-5-4-10(9)7-17-13(18)11-2-3-12(14)16-8-11/h2-6,8H,7H2,1H3,(H,17,18). The van der Waals surface area contributed by atoms with E-state index in [0.717, 1.165) is 17.2 Å². The highest BCUT2D eigenvalue weighted by Gasteiger charge is 2.06. The van der Waals surface area contributed by atoms with Crippen molar-refractivity contribution in [3.8, 4) is 0 Å². The van der Waals surface area contributed by atoms with Crippen molar-refractivity contribution in [3.05, 3.63) is 59.4 Å². The number of nitrogens with zero attached hydrogens (tertiary/aromatic N) is 2. The summed E-state index contributed by atoms with van der Waals surface area (Å²) < 4.78 is 12.6. The maximum Gasteiger partial charge on any atom is 0.253 e. The van der Waals surface area contributed by atoms with Gasteiger partial charge in [-0.2, -0.15) is 4.39 Å². The molecular weight excluding hydrogens is 233 g/mol. The molecule has 0 unspecified atom stereocenters. The Kier molecular flexibility index (Phi) is 3.62. The average Bonchev–Trinajstić information content (AvgIpc) is 2.38. The summed E-state index contributed by atoms with van der Waals surface area (Å²) in [6.45, 7) is 2.33. The molecule has 18 heavy (non-hydrogen) atoms. The summed E-state index contributed by atoms with van der Waals surface area (Å²) in [5, 5.41) is 2.75. The Morgan fingerprint density at radius 2 is 2.17 bits per heavy atom. The van der Waals surface area contributed by atoms with Gasteiger partial charge >= 0.3 is 0 Å². The minimum absolute atomic E-state index is 0.279. The second-order valence-corrected chi connectivity index (χ2v) is 3.85. The number of amides is 1. The molecule has 2 rings (SSSR count). The largest absolute Gasteiger partial charge is 0.348 e. The van der Waals surface area contributed by atoms with Crippen LogP contribution >= 0.6 is 0 Å². The molecule has 1 N–H and O–H groups in total. The third-order valence-corrected chi connectivity index (χ3v) is 2.57. The normalized spacial score (nSPS) is 10.1. The number of nitrogens with one attached hydrogen (secondary N) is 1. The van der Waals surface area contributed by atoms with E-state index in [1.165, 1.54) is 12.3 Å². The maximum absolute atomic E-state index is 12.6. The van der Waals surface area contributed by atoms with Crippen LogP contribution in [0.15, 0.2) is 36.8 Å². The molecule has 2 aromatic heterocycles. The molecule has 0 radical (unpaired) electrons. The van der Waals surface area contributed by atoms with Gasteiger partial charge in [0, 0.05) is 25.1 Å². The number of aryl methyl sites for hydroxylation is 1. The molecule has 2 aromatic rings. The third-order valence-electron chi connectivity index (χ3n) is 2.57. The van der Waals surface area contributed by atoms with Crippen molar-refractivity contribution >= 4 is 5.91 Å². The van der Waals surface area contributed by atoms with Crippen LogP contribution in [0, 0.1) is 12.9 Å². The van der Waals surface area contributed by atoms with E-state index < -0.39 is 5.95 Å². The molecule has 1 amide bonds. The second-order valence-electron chi connectivity index (χ2n) is 3.85. The minimum Gasteiger partial charge on any atom is -0.348 e. The van der Waals surface area contributed by atoms with Crippen molar-refractivity contribution in [2.24, 2.45) is 0 Å². The Balaban J connectivity index is 2.01. The molecule has 5 heteroatoms. The van der Waals surface area contributed by atoms with Gasteiger partial charge in [0.15, 0.2) is 0 Å². The number of hydrogen-bond acceptors (Lipinski definition) is 3. The van der Waals surface area contributed by atoms with E-state index in [0.29, 0.717) is 12.1 Å². The highest BCUT2D eigenvalue weighted by atomic mass is 19.1. The molecule has 0 spiro atoms. The third kappa shape index (κ3) is 2.88. The lowest BCUT2D eigenvalue weighted by Crippen LogP contribution is -2.23. The van der Waals surface area contributed by atoms with Gasteiger partial charge < -0.3 is 5.32 Å². The summed E-state index contributed by atoms with van der Waals surface area (Å²) in [7, 11) is 0. The molecule has 0 aromatic carbocycles. The lowest BCUT2D eigenvalue weighted by molar-refractivity contribution is 0.0950. The summed E-state index contributed by atoms with van der Waals surface area (Å²) in [5.41, 5.74) is 2.34. The zero-order chi connectivity index (χ0) is 13.0. The monoisotopic (exact) mass is 245 g/mol. The second kappa shape index (κ2) is 5.35. The van der Waals surface area contributed by atoms with Crippen molar-refractivity contribution in [3.63, 3.8) is 0 Å². The molecule has 2 heterocycles. The van der Waals surface area contributed by atoms with Crippen LogP contribution < -0.4 is 5.32 Å². The molecule has 0 aliphatic carbocycles. The molecule has 0 bridgehead atoms. The van der Waals surface area contributed by atoms with Crippen LogP contribution in [0.5, 0.6) is 0 Å². The van der Waals surface area contributed by atoms with Crippen LogP contribution in [-0.4, -0.2) is 15.9 Å². The Bertz CT molecular complexity index is 554. The van der Waals surface area contributed by atoms with Crippen LogP contribution in [0.3, 0.4) is 0 Å². The minimum atomic E-state index is -0.600. The van der Waals surface area contributed by atoms with Crippen molar-refractivity contribution < 1.29 is 9.18 Å². The first-order chi connectivity index (χ1) is 8.66. The molecule has 92 valence electrons. The van der Waals surface area contributed by atoms with Crippen LogP contribution in [-0.2, 0) is 6.54 Å². The van der Waals surface area contributed by atoms with Crippen LogP contribution in [0.4, 0.5) is 4.39 Å². The van der Waals surface area contributed by atoms with E-state index in [4.69, 9.17) is 0 Å². The predicted octanol–water partition coefficient (Wildman–Crippen LogP) is 1.85. The summed E-state index contributed by atoms with van der Waals surface area (Å²) in [6, 6.07) is 4.40.